The molecule has 242 valence electrons. The molecule has 45 heavy (non-hydrogen) atoms. The van der Waals surface area contributed by atoms with Crippen LogP contribution in [0, 0.1) is 0 Å². The molecule has 1 amide bonds. The van der Waals surface area contributed by atoms with Gasteiger partial charge >= 0.3 is 5.97 Å². The van der Waals surface area contributed by atoms with Crippen molar-refractivity contribution in [3.05, 3.63) is 101 Å². The number of likely N-dealkylation sites (N-methyl/N-ethyl adjacent to an activating group) is 1. The Hall–Kier alpha value is -3.60. The number of hydrogen-bond donors (Lipinski definition) is 4. The third kappa shape index (κ3) is 10.5. The number of aliphatic carboxylic acids is 1. The average molecular weight is 619 g/mol. The number of nitrogens with one attached hydrogen (secondary N) is 1. The van der Waals surface area contributed by atoms with Gasteiger partial charge in [-0.25, -0.2) is 0 Å². The number of aliphatic hydroxyl groups is 2. The summed E-state index contributed by atoms with van der Waals surface area (Å²) in [6.45, 7) is 2.54. The van der Waals surface area contributed by atoms with Gasteiger partial charge in [0, 0.05) is 43.1 Å². The number of benzene rings is 3. The predicted molar refractivity (Wildman–Crippen MR) is 172 cm³/mol. The van der Waals surface area contributed by atoms with Crippen molar-refractivity contribution in [2.75, 3.05) is 18.9 Å². The van der Waals surface area contributed by atoms with Crippen LogP contribution in [0.3, 0.4) is 0 Å². The first-order chi connectivity index (χ1) is 21.7. The minimum atomic E-state index is -0.792. The molecule has 1 aliphatic heterocycles. The molecule has 3 aromatic rings. The van der Waals surface area contributed by atoms with Crippen LogP contribution in [0.4, 0.5) is 5.69 Å². The second-order valence-electron chi connectivity index (χ2n) is 11.9. The summed E-state index contributed by atoms with van der Waals surface area (Å²) >= 11 is 0. The van der Waals surface area contributed by atoms with Gasteiger partial charge in [0.2, 0.25) is 5.91 Å². The molecule has 0 saturated carbocycles. The maximum Gasteiger partial charge on any atom is 0.303 e. The van der Waals surface area contributed by atoms with Crippen LogP contribution in [0.5, 0.6) is 0 Å². The first-order valence-corrected chi connectivity index (χ1v) is 15.8. The van der Waals surface area contributed by atoms with Crippen LogP contribution in [-0.4, -0.2) is 57.8 Å². The summed E-state index contributed by atoms with van der Waals surface area (Å²) < 4.78 is 13.0. The summed E-state index contributed by atoms with van der Waals surface area (Å²) in [6.07, 6.45) is 2.24. The lowest BCUT2D eigenvalue weighted by Gasteiger charge is -2.39. The van der Waals surface area contributed by atoms with Crippen LogP contribution in [0.15, 0.2) is 78.9 Å². The van der Waals surface area contributed by atoms with E-state index in [-0.39, 0.29) is 37.2 Å². The summed E-state index contributed by atoms with van der Waals surface area (Å²) in [6, 6.07) is 24.7. The topological polar surface area (TPSA) is 129 Å². The number of carboxylic acid groups (broad SMARTS) is 1. The van der Waals surface area contributed by atoms with Crippen molar-refractivity contribution >= 4 is 17.6 Å². The second kappa shape index (κ2) is 17.2. The van der Waals surface area contributed by atoms with Crippen molar-refractivity contribution in [1.82, 2.24) is 4.90 Å². The molecule has 3 aromatic carbocycles. The quantitative estimate of drug-likeness (QED) is 0.141. The number of aliphatic hydroxyl groups excluding tert-OH is 2. The molecule has 0 bridgehead atoms. The highest BCUT2D eigenvalue weighted by Gasteiger charge is 2.34. The molecule has 0 spiro atoms. The highest BCUT2D eigenvalue weighted by molar-refractivity contribution is 5.90. The monoisotopic (exact) mass is 618 g/mol. The summed E-state index contributed by atoms with van der Waals surface area (Å²) in [5.41, 5.74) is 4.10. The zero-order chi connectivity index (χ0) is 32.2. The van der Waals surface area contributed by atoms with Gasteiger partial charge in [0.05, 0.1) is 24.9 Å². The van der Waals surface area contributed by atoms with E-state index < -0.39 is 18.4 Å². The van der Waals surface area contributed by atoms with Crippen LogP contribution < -0.4 is 5.32 Å². The molecule has 1 saturated heterocycles. The van der Waals surface area contributed by atoms with Crippen LogP contribution >= 0.6 is 0 Å². The van der Waals surface area contributed by atoms with E-state index in [1.165, 1.54) is 0 Å². The van der Waals surface area contributed by atoms with E-state index in [1.54, 1.807) is 0 Å². The van der Waals surface area contributed by atoms with Gasteiger partial charge in [0.1, 0.15) is 0 Å². The van der Waals surface area contributed by atoms with Gasteiger partial charge in [-0.2, -0.15) is 0 Å². The highest BCUT2D eigenvalue weighted by Crippen LogP contribution is 2.39. The van der Waals surface area contributed by atoms with Crippen LogP contribution in [0.2, 0.25) is 0 Å². The first-order valence-electron chi connectivity index (χ1n) is 15.8. The molecule has 0 aromatic heterocycles. The Labute approximate surface area is 265 Å². The van der Waals surface area contributed by atoms with Crippen molar-refractivity contribution in [1.29, 1.82) is 0 Å². The van der Waals surface area contributed by atoms with Crippen LogP contribution in [-0.2, 0) is 25.7 Å². The third-order valence-electron chi connectivity index (χ3n) is 8.39. The lowest BCUT2D eigenvalue weighted by molar-refractivity contribution is -0.253. The zero-order valence-corrected chi connectivity index (χ0v) is 26.2. The maximum atomic E-state index is 12.6. The van der Waals surface area contributed by atoms with E-state index in [9.17, 15) is 19.8 Å². The van der Waals surface area contributed by atoms with Gasteiger partial charge in [0.15, 0.2) is 6.29 Å². The number of carboxylic acids is 1. The first kappa shape index (κ1) is 34.3. The SMILES string of the molecule is C[C@@H]([C@H](O)c1ccccc1)N(C)C[C@@H]1C[C@H](c2ccc(CO)cc2)O[C@H](c2cccc(NC(=O)CCCCCCC(=O)O)c2)O1. The third-order valence-corrected chi connectivity index (χ3v) is 8.39. The van der Waals surface area contributed by atoms with Crippen molar-refractivity contribution in [3.63, 3.8) is 0 Å². The number of nitrogens with zero attached hydrogens (tertiary/aromatic N) is 1. The molecule has 9 heteroatoms. The lowest BCUT2D eigenvalue weighted by Crippen LogP contribution is -2.43. The van der Waals surface area contributed by atoms with Crippen molar-refractivity contribution in [2.24, 2.45) is 0 Å². The van der Waals surface area contributed by atoms with E-state index in [4.69, 9.17) is 14.6 Å². The molecule has 0 radical (unpaired) electrons. The lowest BCUT2D eigenvalue weighted by atomic mass is 9.98. The number of anilines is 1. The molecule has 0 aliphatic carbocycles. The summed E-state index contributed by atoms with van der Waals surface area (Å²) in [4.78, 5) is 25.4. The normalized spacial score (nSPS) is 19.6. The molecule has 5 atom stereocenters. The second-order valence-corrected chi connectivity index (χ2v) is 11.9. The number of ether oxygens (including phenoxy) is 2. The van der Waals surface area contributed by atoms with E-state index >= 15 is 0 Å². The summed E-state index contributed by atoms with van der Waals surface area (Å²) in [5.74, 6) is -0.887. The minimum absolute atomic E-state index is 0.0319. The summed E-state index contributed by atoms with van der Waals surface area (Å²) in [5, 5.41) is 32.3. The number of rotatable bonds is 16. The fourth-order valence-electron chi connectivity index (χ4n) is 5.59. The van der Waals surface area contributed by atoms with Gasteiger partial charge in [-0.1, -0.05) is 79.6 Å². The standard InChI is InChI=1S/C36H46N2O7/c1-25(35(43)28-11-6-5-7-12-28)38(2)23-31-22-32(27-19-17-26(24-39)18-20-27)45-36(44-31)29-13-10-14-30(21-29)37-33(40)15-8-3-4-9-16-34(41)42/h5-7,10-14,17-21,25,31-32,35-36,39,43H,3-4,8-9,15-16,22-24H2,1-2H3,(H,37,40)(H,41,42)/t25-,31-,32+,35-,36+/m0/s1. The predicted octanol–water partition coefficient (Wildman–Crippen LogP) is 6.14. The van der Waals surface area contributed by atoms with Gasteiger partial charge in [0.25, 0.3) is 0 Å². The maximum absolute atomic E-state index is 12.6. The molecule has 1 aliphatic rings. The number of amides is 1. The van der Waals surface area contributed by atoms with Gasteiger partial charge in [-0.05, 0) is 55.6 Å². The van der Waals surface area contributed by atoms with E-state index in [2.05, 4.69) is 10.2 Å². The van der Waals surface area contributed by atoms with E-state index in [0.29, 0.717) is 37.9 Å². The molecular formula is C36H46N2O7. The van der Waals surface area contributed by atoms with E-state index in [0.717, 1.165) is 35.1 Å². The number of hydrogen-bond acceptors (Lipinski definition) is 7. The fourth-order valence-corrected chi connectivity index (χ4v) is 5.59. The Balaban J connectivity index is 1.43. The van der Waals surface area contributed by atoms with Gasteiger partial charge in [-0.3, -0.25) is 14.5 Å². The largest absolute Gasteiger partial charge is 0.481 e. The molecule has 1 fully saturated rings. The average Bonchev–Trinajstić information content (AvgIpc) is 3.06. The number of unbranched alkanes of at least 4 members (excludes halogenated alkanes) is 3. The molecule has 9 nitrogen and oxygen atoms in total. The van der Waals surface area contributed by atoms with Gasteiger partial charge < -0.3 is 30.1 Å². The number of carbonyl (C=O) groups is 2. The zero-order valence-electron chi connectivity index (χ0n) is 26.2. The highest BCUT2D eigenvalue weighted by atomic mass is 16.7. The number of carbonyl (C=O) groups excluding carboxylic acids is 1. The van der Waals surface area contributed by atoms with E-state index in [1.807, 2.05) is 92.8 Å². The Bertz CT molecular complexity index is 1350. The molecule has 4 N–H and O–H groups in total. The molecule has 4 rings (SSSR count). The van der Waals surface area contributed by atoms with Gasteiger partial charge in [-0.15, -0.1) is 0 Å². The smallest absolute Gasteiger partial charge is 0.303 e. The Morgan fingerprint density at radius 1 is 0.911 bits per heavy atom. The van der Waals surface area contributed by atoms with Crippen LogP contribution in [0.25, 0.3) is 0 Å². The Morgan fingerprint density at radius 2 is 1.62 bits per heavy atom. The van der Waals surface area contributed by atoms with Crippen molar-refractivity contribution < 1.29 is 34.4 Å². The molecule has 0 unspecified atom stereocenters. The minimum Gasteiger partial charge on any atom is -0.481 e. The molecular weight excluding hydrogens is 572 g/mol. The van der Waals surface area contributed by atoms with Crippen molar-refractivity contribution in [2.45, 2.75) is 89.1 Å². The van der Waals surface area contributed by atoms with Crippen LogP contribution in [0.1, 0.15) is 92.6 Å². The fraction of sp³-hybridized carbons (Fsp3) is 0.444. The Morgan fingerprint density at radius 3 is 2.31 bits per heavy atom. The molecule has 1 heterocycles. The van der Waals surface area contributed by atoms with Crippen molar-refractivity contribution in [3.8, 4) is 0 Å². The summed E-state index contributed by atoms with van der Waals surface area (Å²) in [7, 11) is 1.98. The Kier molecular flexibility index (Phi) is 13.1.